The highest BCUT2D eigenvalue weighted by Gasteiger charge is 1.99. The zero-order valence-corrected chi connectivity index (χ0v) is 6.94. The quantitative estimate of drug-likeness (QED) is 0.410. The Balaban J connectivity index is 3.89. The number of hydrogen-bond acceptors (Lipinski definition) is 3. The normalized spacial score (nSPS) is 10.0. The van der Waals surface area contributed by atoms with E-state index < -0.39 is 11.1 Å². The van der Waals surface area contributed by atoms with Crippen LogP contribution in [-0.4, -0.2) is 14.3 Å². The second-order valence-electron chi connectivity index (χ2n) is 2.15. The van der Waals surface area contributed by atoms with Crippen molar-refractivity contribution in [2.45, 2.75) is 0 Å². The predicted molar refractivity (Wildman–Crippen MR) is 42.1 cm³/mol. The van der Waals surface area contributed by atoms with Gasteiger partial charge in [0.1, 0.15) is 0 Å². The lowest BCUT2D eigenvalue weighted by molar-refractivity contribution is 0.618. The van der Waals surface area contributed by atoms with Gasteiger partial charge >= 0.3 is 11.1 Å². The summed E-state index contributed by atoms with van der Waals surface area (Å²) >= 11 is 4.74. The van der Waals surface area contributed by atoms with E-state index in [9.17, 15) is 9.59 Å². The fourth-order valence-corrected chi connectivity index (χ4v) is 0.868. The van der Waals surface area contributed by atoms with Crippen LogP contribution in [0.1, 0.15) is 0 Å². The number of H-pyrrole nitrogens is 1. The number of hydrogen-bond donors (Lipinski definition) is 1. The second kappa shape index (κ2) is 2.46. The molecule has 0 aromatic carbocycles. The van der Waals surface area contributed by atoms with Crippen LogP contribution in [0.15, 0.2) is 9.59 Å². The van der Waals surface area contributed by atoms with Crippen LogP contribution in [0, 0.1) is 4.77 Å². The fraction of sp³-hybridized carbons (Fsp3) is 0.400. The Kier molecular flexibility index (Phi) is 1.77. The molecule has 0 fully saturated rings. The van der Waals surface area contributed by atoms with E-state index in [0.29, 0.717) is 0 Å². The molecule has 0 saturated carbocycles. The van der Waals surface area contributed by atoms with Crippen LogP contribution in [-0.2, 0) is 14.1 Å². The van der Waals surface area contributed by atoms with E-state index >= 15 is 0 Å². The molecule has 6 heteroatoms. The zero-order valence-electron chi connectivity index (χ0n) is 6.12. The van der Waals surface area contributed by atoms with Gasteiger partial charge in [-0.2, -0.15) is 0 Å². The maximum absolute atomic E-state index is 11.0. The summed E-state index contributed by atoms with van der Waals surface area (Å²) in [7, 11) is 2.89. The van der Waals surface area contributed by atoms with Crippen LogP contribution in [0.2, 0.25) is 0 Å². The van der Waals surface area contributed by atoms with Gasteiger partial charge < -0.3 is 0 Å². The monoisotopic (exact) mass is 173 g/mol. The molecule has 5 nitrogen and oxygen atoms in total. The summed E-state index contributed by atoms with van der Waals surface area (Å²) < 4.78 is 2.39. The van der Waals surface area contributed by atoms with Gasteiger partial charge in [-0.1, -0.05) is 0 Å². The lowest BCUT2D eigenvalue weighted by Gasteiger charge is -1.98. The summed E-state index contributed by atoms with van der Waals surface area (Å²) in [5, 5.41) is 2.53. The molecular weight excluding hydrogens is 166 g/mol. The van der Waals surface area contributed by atoms with E-state index in [4.69, 9.17) is 12.2 Å². The third-order valence-corrected chi connectivity index (χ3v) is 1.73. The molecule has 1 aromatic heterocycles. The number of aromatic nitrogens is 3. The van der Waals surface area contributed by atoms with Gasteiger partial charge in [-0.3, -0.25) is 19.3 Å². The Hall–Kier alpha value is -1.17. The first-order valence-corrected chi connectivity index (χ1v) is 3.31. The van der Waals surface area contributed by atoms with Crippen molar-refractivity contribution in [2.75, 3.05) is 0 Å². The third-order valence-electron chi connectivity index (χ3n) is 1.36. The van der Waals surface area contributed by atoms with Crippen LogP contribution >= 0.6 is 12.2 Å². The first-order valence-electron chi connectivity index (χ1n) is 2.90. The number of nitrogens with one attached hydrogen (secondary N) is 1. The minimum absolute atomic E-state index is 0.233. The average molecular weight is 173 g/mol. The molecule has 0 radical (unpaired) electrons. The maximum atomic E-state index is 11.0. The molecule has 1 aromatic rings. The van der Waals surface area contributed by atoms with E-state index in [0.717, 1.165) is 9.25 Å². The van der Waals surface area contributed by atoms with Gasteiger partial charge in [0.05, 0.1) is 0 Å². The van der Waals surface area contributed by atoms with Crippen LogP contribution < -0.4 is 11.1 Å². The third kappa shape index (κ3) is 1.16. The van der Waals surface area contributed by atoms with Gasteiger partial charge in [-0.25, -0.2) is 4.68 Å². The number of aromatic amines is 1. The van der Waals surface area contributed by atoms with Gasteiger partial charge in [0.25, 0.3) is 0 Å². The number of aryl methyl sites for hydroxylation is 1. The fourth-order valence-electron chi connectivity index (χ4n) is 0.648. The molecule has 60 valence electrons. The van der Waals surface area contributed by atoms with Gasteiger partial charge in [-0.05, 0) is 12.2 Å². The molecule has 11 heavy (non-hydrogen) atoms. The molecular formula is C5H7N3O2S. The smallest absolute Gasteiger partial charge is 0.283 e. The van der Waals surface area contributed by atoms with Crippen molar-refractivity contribution < 1.29 is 0 Å². The Morgan fingerprint density at radius 1 is 1.27 bits per heavy atom. The molecule has 0 spiro atoms. The molecule has 1 rings (SSSR count). The minimum atomic E-state index is -0.615. The van der Waals surface area contributed by atoms with E-state index in [-0.39, 0.29) is 4.77 Å². The van der Waals surface area contributed by atoms with Crippen molar-refractivity contribution >= 4 is 12.2 Å². The van der Waals surface area contributed by atoms with E-state index in [2.05, 4.69) is 5.10 Å². The highest BCUT2D eigenvalue weighted by atomic mass is 32.1. The summed E-state index contributed by atoms with van der Waals surface area (Å²) in [6.45, 7) is 0. The molecule has 0 aliphatic rings. The van der Waals surface area contributed by atoms with Crippen molar-refractivity contribution in [3.8, 4) is 0 Å². The summed E-state index contributed by atoms with van der Waals surface area (Å²) in [5.74, 6) is 0. The van der Waals surface area contributed by atoms with Crippen LogP contribution in [0.3, 0.4) is 0 Å². The molecule has 0 atom stereocenters. The zero-order chi connectivity index (χ0) is 8.59. The molecule has 0 amide bonds. The van der Waals surface area contributed by atoms with Crippen LogP contribution in [0.25, 0.3) is 0 Å². The summed E-state index contributed by atoms with van der Waals surface area (Å²) in [6.07, 6.45) is 0. The Morgan fingerprint density at radius 2 is 1.82 bits per heavy atom. The Labute approximate surface area is 66.9 Å². The Morgan fingerprint density at radius 3 is 2.36 bits per heavy atom. The number of rotatable bonds is 0. The largest absolute Gasteiger partial charge is 0.330 e. The first-order chi connectivity index (χ1) is 5.04. The van der Waals surface area contributed by atoms with Crippen molar-refractivity contribution in [1.29, 1.82) is 0 Å². The van der Waals surface area contributed by atoms with Gasteiger partial charge in [0.15, 0.2) is 4.77 Å². The summed E-state index contributed by atoms with van der Waals surface area (Å²) in [6, 6.07) is 0. The SMILES string of the molecule is Cn1[nH]c(=S)n(C)c(=O)c1=O. The Bertz CT molecular complexity index is 438. The first kappa shape index (κ1) is 7.93. The number of nitrogens with zero attached hydrogens (tertiary/aromatic N) is 2. The van der Waals surface area contributed by atoms with Crippen LogP contribution in [0.5, 0.6) is 0 Å². The molecule has 0 saturated heterocycles. The molecule has 0 bridgehead atoms. The van der Waals surface area contributed by atoms with Gasteiger partial charge in [-0.15, -0.1) is 0 Å². The summed E-state index contributed by atoms with van der Waals surface area (Å²) in [5.41, 5.74) is -1.22. The predicted octanol–water partition coefficient (Wildman–Crippen LogP) is -0.858. The molecule has 0 aliphatic carbocycles. The van der Waals surface area contributed by atoms with Crippen molar-refractivity contribution in [3.05, 3.63) is 25.5 Å². The van der Waals surface area contributed by atoms with Gasteiger partial charge in [0, 0.05) is 14.1 Å². The molecule has 0 aliphatic heterocycles. The lowest BCUT2D eigenvalue weighted by atomic mass is 10.7. The minimum Gasteiger partial charge on any atom is -0.283 e. The van der Waals surface area contributed by atoms with Gasteiger partial charge in [0.2, 0.25) is 0 Å². The molecule has 1 N–H and O–H groups in total. The van der Waals surface area contributed by atoms with Crippen molar-refractivity contribution in [3.63, 3.8) is 0 Å². The standard InChI is InChI=1S/C5H7N3O2S/c1-7-3(9)4(10)8(2)6-5(7)11/h1-2H3,(H,6,11). The second-order valence-corrected chi connectivity index (χ2v) is 2.53. The topological polar surface area (TPSA) is 59.8 Å². The lowest BCUT2D eigenvalue weighted by Crippen LogP contribution is -2.40. The molecule has 0 unspecified atom stereocenters. The van der Waals surface area contributed by atoms with E-state index in [1.165, 1.54) is 14.1 Å². The average Bonchev–Trinajstić information content (AvgIpc) is 1.97. The van der Waals surface area contributed by atoms with E-state index in [1.54, 1.807) is 0 Å². The van der Waals surface area contributed by atoms with E-state index in [1.807, 2.05) is 0 Å². The summed E-state index contributed by atoms with van der Waals surface area (Å²) in [4.78, 5) is 21.8. The molecule has 1 heterocycles. The van der Waals surface area contributed by atoms with Crippen molar-refractivity contribution in [2.24, 2.45) is 14.1 Å². The highest BCUT2D eigenvalue weighted by molar-refractivity contribution is 7.71. The highest BCUT2D eigenvalue weighted by Crippen LogP contribution is 1.71. The van der Waals surface area contributed by atoms with Crippen LogP contribution in [0.4, 0.5) is 0 Å². The van der Waals surface area contributed by atoms with Crippen molar-refractivity contribution in [1.82, 2.24) is 14.3 Å². The maximum Gasteiger partial charge on any atom is 0.330 e.